The zero-order valence-electron chi connectivity index (χ0n) is 31.2. The van der Waals surface area contributed by atoms with Crippen LogP contribution >= 0.6 is 0 Å². The second-order valence-corrected chi connectivity index (χ2v) is 13.2. The first kappa shape index (κ1) is 38.3. The van der Waals surface area contributed by atoms with Crippen molar-refractivity contribution >= 4 is 57.5 Å². The van der Waals surface area contributed by atoms with Crippen LogP contribution in [0.2, 0.25) is 0 Å². The molecule has 4 aromatic carbocycles. The number of aryl methyl sites for hydroxylation is 1. The lowest BCUT2D eigenvalue weighted by atomic mass is 9.94. The first-order valence-corrected chi connectivity index (χ1v) is 18.0. The van der Waals surface area contributed by atoms with Crippen LogP contribution in [-0.4, -0.2) is 54.2 Å². The fraction of sp³-hybridized carbons (Fsp3) is 0.238. The topological polar surface area (TPSA) is 173 Å². The fourth-order valence-corrected chi connectivity index (χ4v) is 6.76. The summed E-state index contributed by atoms with van der Waals surface area (Å²) in [5.41, 5.74) is 19.4. The highest BCUT2D eigenvalue weighted by atomic mass is 16.5. The molecule has 0 saturated carbocycles. The molecule has 0 fully saturated rings. The lowest BCUT2D eigenvalue weighted by Gasteiger charge is -2.20. The van der Waals surface area contributed by atoms with Crippen molar-refractivity contribution in [3.8, 4) is 16.9 Å². The average Bonchev–Trinajstić information content (AvgIpc) is 3.65. The standard InChI is InChI=1S/C42H44N6O7/c1-25-22-35-34(40(27(3)44-46-38(52)13-9-21-50)42(54)47(35)29-10-6-5-7-11-29)24-33(25)28-14-16-30(17-15-28)48-36-23-31(55-4)18-19-32(36)39(41(48)53)26(2)43-45-37(51)12-8-20-49/h5-7,10-11,14-19,22-24,43-44,49-50H,8-9,12-13,20-21H2,1-4H3,(H,45,51)(H,46,52)/b39-26-,40-27-. The maximum Gasteiger partial charge on any atom is 0.265 e. The van der Waals surface area contributed by atoms with Gasteiger partial charge in [-0.2, -0.15) is 0 Å². The summed E-state index contributed by atoms with van der Waals surface area (Å²) in [6.45, 7) is 5.22. The number of benzene rings is 4. The molecule has 0 aromatic heterocycles. The predicted octanol–water partition coefficient (Wildman–Crippen LogP) is 5.28. The van der Waals surface area contributed by atoms with Gasteiger partial charge in [0.15, 0.2) is 0 Å². The van der Waals surface area contributed by atoms with E-state index in [0.29, 0.717) is 75.0 Å². The van der Waals surface area contributed by atoms with E-state index in [1.54, 1.807) is 42.9 Å². The first-order valence-electron chi connectivity index (χ1n) is 18.0. The Morgan fingerprint density at radius 1 is 0.636 bits per heavy atom. The molecule has 13 nitrogen and oxygen atoms in total. The van der Waals surface area contributed by atoms with Crippen molar-refractivity contribution in [2.75, 3.05) is 30.1 Å². The Bertz CT molecular complexity index is 2200. The Kier molecular flexibility index (Phi) is 11.6. The molecule has 0 spiro atoms. The van der Waals surface area contributed by atoms with Crippen molar-refractivity contribution in [2.24, 2.45) is 0 Å². The Morgan fingerprint density at radius 2 is 1.16 bits per heavy atom. The molecule has 0 saturated heterocycles. The highest BCUT2D eigenvalue weighted by Gasteiger charge is 2.37. The van der Waals surface area contributed by atoms with Gasteiger partial charge in [0.05, 0.1) is 29.6 Å². The average molecular weight is 745 g/mol. The maximum absolute atomic E-state index is 14.1. The summed E-state index contributed by atoms with van der Waals surface area (Å²) in [5, 5.41) is 18.2. The zero-order valence-corrected chi connectivity index (χ0v) is 31.2. The monoisotopic (exact) mass is 744 g/mol. The molecule has 4 aromatic rings. The van der Waals surface area contributed by atoms with Crippen molar-refractivity contribution < 1.29 is 34.1 Å². The van der Waals surface area contributed by atoms with E-state index in [0.717, 1.165) is 16.7 Å². The molecule has 6 rings (SSSR count). The van der Waals surface area contributed by atoms with E-state index in [9.17, 15) is 19.2 Å². The van der Waals surface area contributed by atoms with Crippen molar-refractivity contribution in [1.29, 1.82) is 0 Å². The van der Waals surface area contributed by atoms with Crippen molar-refractivity contribution in [2.45, 2.75) is 46.5 Å². The van der Waals surface area contributed by atoms with Crippen LogP contribution < -0.4 is 36.2 Å². The van der Waals surface area contributed by atoms with E-state index in [1.807, 2.05) is 79.7 Å². The molecule has 13 heteroatoms. The molecular weight excluding hydrogens is 700 g/mol. The number of hydrogen-bond donors (Lipinski definition) is 6. The van der Waals surface area contributed by atoms with E-state index < -0.39 is 0 Å². The zero-order chi connectivity index (χ0) is 39.2. The van der Waals surface area contributed by atoms with Crippen molar-refractivity contribution in [1.82, 2.24) is 21.7 Å². The molecule has 0 aliphatic carbocycles. The summed E-state index contributed by atoms with van der Waals surface area (Å²) < 4.78 is 5.50. The smallest absolute Gasteiger partial charge is 0.265 e. The quantitative estimate of drug-likeness (QED) is 0.0743. The molecule has 0 bridgehead atoms. The highest BCUT2D eigenvalue weighted by molar-refractivity contribution is 6.36. The third-order valence-electron chi connectivity index (χ3n) is 9.51. The molecule has 0 unspecified atom stereocenters. The largest absolute Gasteiger partial charge is 0.497 e. The molecule has 2 aliphatic heterocycles. The van der Waals surface area contributed by atoms with E-state index in [1.165, 1.54) is 0 Å². The Labute approximate surface area is 319 Å². The number of allylic oxidation sites excluding steroid dienone is 2. The third-order valence-corrected chi connectivity index (χ3v) is 9.51. The molecule has 0 radical (unpaired) electrons. The number of nitrogens with zero attached hydrogens (tertiary/aromatic N) is 2. The minimum absolute atomic E-state index is 0.100. The molecule has 284 valence electrons. The van der Waals surface area contributed by atoms with Gasteiger partial charge in [0.2, 0.25) is 11.8 Å². The van der Waals surface area contributed by atoms with Gasteiger partial charge in [-0.1, -0.05) is 30.3 Å². The molecule has 2 heterocycles. The molecule has 0 atom stereocenters. The SMILES string of the molecule is COc1ccc2c(c1)N(c1ccc(-c3cc4c(cc3C)N(c3ccccc3)C(=O)/C4=C(/C)NNC(=O)CCCO)cc1)C(=O)/C2=C(/C)NNC(=O)CCCO. The Hall–Kier alpha value is -6.44. The van der Waals surface area contributed by atoms with Crippen LogP contribution in [0.3, 0.4) is 0 Å². The number of rotatable bonds is 14. The molecule has 2 aliphatic rings. The lowest BCUT2D eigenvalue weighted by molar-refractivity contribution is -0.122. The van der Waals surface area contributed by atoms with Crippen LogP contribution in [0.1, 0.15) is 56.2 Å². The number of nitrogens with one attached hydrogen (secondary N) is 4. The van der Waals surface area contributed by atoms with Gasteiger partial charge in [-0.25, -0.2) is 0 Å². The van der Waals surface area contributed by atoms with E-state index in [-0.39, 0.29) is 49.7 Å². The second kappa shape index (κ2) is 16.7. The number of ether oxygens (including phenoxy) is 1. The summed E-state index contributed by atoms with van der Waals surface area (Å²) in [7, 11) is 1.56. The van der Waals surface area contributed by atoms with Gasteiger partial charge >= 0.3 is 0 Å². The summed E-state index contributed by atoms with van der Waals surface area (Å²) >= 11 is 0. The van der Waals surface area contributed by atoms with Crippen molar-refractivity contribution in [3.05, 3.63) is 113 Å². The third kappa shape index (κ3) is 7.79. The summed E-state index contributed by atoms with van der Waals surface area (Å²) in [5.74, 6) is -0.584. The van der Waals surface area contributed by atoms with Gasteiger partial charge in [-0.3, -0.25) is 39.8 Å². The van der Waals surface area contributed by atoms with Gasteiger partial charge < -0.3 is 25.8 Å². The number of carbonyl (C=O) groups is 4. The molecular formula is C42H44N6O7. The van der Waals surface area contributed by atoms with Crippen LogP contribution in [0, 0.1) is 6.92 Å². The Balaban J connectivity index is 1.36. The lowest BCUT2D eigenvalue weighted by Crippen LogP contribution is -2.37. The predicted molar refractivity (Wildman–Crippen MR) is 211 cm³/mol. The number of hydrogen-bond acceptors (Lipinski definition) is 9. The number of aliphatic hydroxyl groups excluding tert-OH is 2. The molecule has 6 N–H and O–H groups in total. The van der Waals surface area contributed by atoms with Gasteiger partial charge in [0.1, 0.15) is 5.75 Å². The van der Waals surface area contributed by atoms with Gasteiger partial charge in [0, 0.05) is 66.0 Å². The number of amides is 4. The summed E-state index contributed by atoms with van der Waals surface area (Å²) in [4.78, 5) is 56.1. The summed E-state index contributed by atoms with van der Waals surface area (Å²) in [6.07, 6.45) is 0.912. The van der Waals surface area contributed by atoms with Crippen LogP contribution in [0.15, 0.2) is 96.3 Å². The Morgan fingerprint density at radius 3 is 1.71 bits per heavy atom. The number of para-hydroxylation sites is 1. The van der Waals surface area contributed by atoms with E-state index >= 15 is 0 Å². The van der Waals surface area contributed by atoms with Crippen molar-refractivity contribution in [3.63, 3.8) is 0 Å². The van der Waals surface area contributed by atoms with Gasteiger partial charge in [-0.05, 0) is 98.8 Å². The number of aliphatic hydroxyl groups is 2. The second-order valence-electron chi connectivity index (χ2n) is 13.2. The number of carbonyl (C=O) groups excluding carboxylic acids is 4. The van der Waals surface area contributed by atoms with Gasteiger partial charge in [-0.15, -0.1) is 0 Å². The number of anilines is 4. The first-order chi connectivity index (χ1) is 26.6. The van der Waals surface area contributed by atoms with Crippen LogP contribution in [0.4, 0.5) is 22.7 Å². The molecule has 4 amide bonds. The van der Waals surface area contributed by atoms with Crippen LogP contribution in [0.5, 0.6) is 5.75 Å². The number of methoxy groups -OCH3 is 1. The normalized spacial score (nSPS) is 15.0. The minimum atomic E-state index is -0.309. The fourth-order valence-electron chi connectivity index (χ4n) is 6.76. The highest BCUT2D eigenvalue weighted by Crippen LogP contribution is 2.47. The summed E-state index contributed by atoms with van der Waals surface area (Å²) in [6, 6.07) is 26.3. The van der Waals surface area contributed by atoms with E-state index in [4.69, 9.17) is 14.9 Å². The van der Waals surface area contributed by atoms with Gasteiger partial charge in [0.25, 0.3) is 11.8 Å². The molecule has 55 heavy (non-hydrogen) atoms. The number of fused-ring (bicyclic) bond motifs is 2. The van der Waals surface area contributed by atoms with E-state index in [2.05, 4.69) is 21.7 Å². The maximum atomic E-state index is 14.1. The van der Waals surface area contributed by atoms with Crippen LogP contribution in [0.25, 0.3) is 22.3 Å². The number of hydrazine groups is 2. The van der Waals surface area contributed by atoms with Crippen LogP contribution in [-0.2, 0) is 19.2 Å². The minimum Gasteiger partial charge on any atom is -0.497 e.